The molecule has 0 N–H and O–H groups in total. The van der Waals surface area contributed by atoms with E-state index in [0.717, 1.165) is 53.2 Å². The van der Waals surface area contributed by atoms with E-state index in [4.69, 9.17) is 9.72 Å². The number of carbonyl (C=O) groups is 1. The highest BCUT2D eigenvalue weighted by atomic mass is 32.1. The van der Waals surface area contributed by atoms with Crippen molar-refractivity contribution >= 4 is 28.1 Å². The zero-order valence-corrected chi connectivity index (χ0v) is 18.0. The van der Waals surface area contributed by atoms with Gasteiger partial charge in [0.1, 0.15) is 0 Å². The first-order valence-corrected chi connectivity index (χ1v) is 11.4. The quantitative estimate of drug-likeness (QED) is 0.644. The van der Waals surface area contributed by atoms with Crippen LogP contribution in [0, 0.1) is 6.92 Å². The smallest absolute Gasteiger partial charge is 0.254 e. The summed E-state index contributed by atoms with van der Waals surface area (Å²) in [5, 5.41) is 2.05. The molecule has 0 saturated carbocycles. The number of benzene rings is 1. The molecule has 7 heteroatoms. The Bertz CT molecular complexity index is 1060. The number of pyridine rings is 1. The molecule has 5 rings (SSSR count). The van der Waals surface area contributed by atoms with E-state index in [1.54, 1.807) is 11.3 Å². The number of hydrogen-bond donors (Lipinski definition) is 0. The summed E-state index contributed by atoms with van der Waals surface area (Å²) in [5.41, 5.74) is 2.71. The number of nitrogens with zero attached hydrogens (tertiary/aromatic N) is 4. The van der Waals surface area contributed by atoms with Crippen molar-refractivity contribution in [3.05, 3.63) is 57.7 Å². The fourth-order valence-electron chi connectivity index (χ4n) is 4.44. The van der Waals surface area contributed by atoms with Crippen LogP contribution in [0.1, 0.15) is 38.3 Å². The highest BCUT2D eigenvalue weighted by Crippen LogP contribution is 2.31. The number of morpholine rings is 1. The summed E-state index contributed by atoms with van der Waals surface area (Å²) in [5.74, 6) is 0.438. The lowest BCUT2D eigenvalue weighted by Gasteiger charge is -2.27. The second kappa shape index (κ2) is 8.41. The Hall–Kier alpha value is -2.35. The summed E-state index contributed by atoms with van der Waals surface area (Å²) in [6.07, 6.45) is 3.05. The van der Waals surface area contributed by atoms with Crippen LogP contribution in [-0.2, 0) is 11.3 Å². The molecule has 0 aliphatic carbocycles. The molecule has 2 fully saturated rings. The largest absolute Gasteiger partial charge is 0.378 e. The molecule has 1 aromatic carbocycles. The van der Waals surface area contributed by atoms with Crippen LogP contribution < -0.4 is 0 Å². The number of aromatic nitrogens is 2. The van der Waals surface area contributed by atoms with Gasteiger partial charge < -0.3 is 9.64 Å². The van der Waals surface area contributed by atoms with Crippen LogP contribution in [0.4, 0.5) is 0 Å². The molecule has 2 aromatic heterocycles. The molecule has 1 amide bonds. The van der Waals surface area contributed by atoms with Gasteiger partial charge in [0.15, 0.2) is 0 Å². The summed E-state index contributed by atoms with van der Waals surface area (Å²) in [7, 11) is 0. The molecule has 2 saturated heterocycles. The second-order valence-electron chi connectivity index (χ2n) is 8.08. The number of carbonyl (C=O) groups excluding carboxylic acids is 1. The van der Waals surface area contributed by atoms with Crippen LogP contribution in [0.25, 0.3) is 10.9 Å². The number of ether oxygens (including phenoxy) is 1. The lowest BCUT2D eigenvalue weighted by atomic mass is 9.99. The molecule has 30 heavy (non-hydrogen) atoms. The lowest BCUT2D eigenvalue weighted by molar-refractivity contribution is 0.0304. The predicted octanol–water partition coefficient (Wildman–Crippen LogP) is 3.46. The number of rotatable bonds is 4. The van der Waals surface area contributed by atoms with E-state index in [0.29, 0.717) is 32.2 Å². The topological polar surface area (TPSA) is 58.6 Å². The Kier molecular flexibility index (Phi) is 5.50. The fourth-order valence-corrected chi connectivity index (χ4v) is 5.27. The number of fused-ring (bicyclic) bond motifs is 1. The van der Waals surface area contributed by atoms with Crippen molar-refractivity contribution in [1.29, 1.82) is 0 Å². The van der Waals surface area contributed by atoms with Crippen molar-refractivity contribution in [2.24, 2.45) is 0 Å². The minimum Gasteiger partial charge on any atom is -0.378 e. The zero-order chi connectivity index (χ0) is 20.5. The molecule has 156 valence electrons. The van der Waals surface area contributed by atoms with Crippen molar-refractivity contribution in [1.82, 2.24) is 19.8 Å². The first-order valence-electron chi connectivity index (χ1n) is 10.6. The summed E-state index contributed by atoms with van der Waals surface area (Å²) in [6.45, 7) is 7.51. The number of para-hydroxylation sites is 1. The van der Waals surface area contributed by atoms with Crippen molar-refractivity contribution in [2.45, 2.75) is 25.8 Å². The monoisotopic (exact) mass is 422 g/mol. The average molecular weight is 423 g/mol. The molecule has 0 unspecified atom stereocenters. The highest BCUT2D eigenvalue weighted by molar-refractivity contribution is 7.11. The Morgan fingerprint density at radius 2 is 2.07 bits per heavy atom. The molecule has 0 radical (unpaired) electrons. The highest BCUT2D eigenvalue weighted by Gasteiger charge is 2.28. The van der Waals surface area contributed by atoms with Gasteiger partial charge in [-0.3, -0.25) is 14.7 Å². The third-order valence-corrected chi connectivity index (χ3v) is 6.90. The third kappa shape index (κ3) is 3.97. The van der Waals surface area contributed by atoms with Crippen LogP contribution in [-0.4, -0.2) is 65.1 Å². The van der Waals surface area contributed by atoms with Crippen LogP contribution in [0.5, 0.6) is 0 Å². The van der Waals surface area contributed by atoms with Crippen molar-refractivity contribution < 1.29 is 9.53 Å². The maximum absolute atomic E-state index is 13.3. The van der Waals surface area contributed by atoms with Gasteiger partial charge in [0.2, 0.25) is 0 Å². The molecule has 1 atom stereocenters. The SMILES string of the molecule is Cc1ncc(CN2CC[C@@H](c3cc(C(=O)N4CCOCC4)c4ccccc4n3)C2)s1. The van der Waals surface area contributed by atoms with Gasteiger partial charge in [0, 0.05) is 54.3 Å². The van der Waals surface area contributed by atoms with E-state index >= 15 is 0 Å². The van der Waals surface area contributed by atoms with Crippen molar-refractivity contribution in [2.75, 3.05) is 39.4 Å². The number of thiazole rings is 1. The number of likely N-dealkylation sites (tertiary alicyclic amines) is 1. The predicted molar refractivity (Wildman–Crippen MR) is 118 cm³/mol. The minimum atomic E-state index is 0.0909. The van der Waals surface area contributed by atoms with Gasteiger partial charge in [-0.2, -0.15) is 0 Å². The van der Waals surface area contributed by atoms with Crippen LogP contribution >= 0.6 is 11.3 Å². The summed E-state index contributed by atoms with van der Waals surface area (Å²) in [4.78, 5) is 28.3. The molecule has 2 aliphatic rings. The molecule has 3 aromatic rings. The second-order valence-corrected chi connectivity index (χ2v) is 9.40. The van der Waals surface area contributed by atoms with Gasteiger partial charge in [-0.05, 0) is 32.0 Å². The van der Waals surface area contributed by atoms with Crippen LogP contribution in [0.2, 0.25) is 0 Å². The Balaban J connectivity index is 1.41. The number of amides is 1. The fraction of sp³-hybridized carbons (Fsp3) is 0.435. The Morgan fingerprint density at radius 1 is 1.23 bits per heavy atom. The normalized spacial score (nSPS) is 20.2. The van der Waals surface area contributed by atoms with E-state index in [9.17, 15) is 4.79 Å². The molecule has 0 spiro atoms. The maximum atomic E-state index is 13.3. The van der Waals surface area contributed by atoms with E-state index in [1.807, 2.05) is 48.4 Å². The van der Waals surface area contributed by atoms with Gasteiger partial charge >= 0.3 is 0 Å². The molecule has 6 nitrogen and oxygen atoms in total. The first-order chi connectivity index (χ1) is 14.7. The third-order valence-electron chi connectivity index (χ3n) is 6.00. The molecule has 2 aliphatic heterocycles. The van der Waals surface area contributed by atoms with Crippen LogP contribution in [0.3, 0.4) is 0 Å². The van der Waals surface area contributed by atoms with Crippen molar-refractivity contribution in [3.8, 4) is 0 Å². The first kappa shape index (κ1) is 19.6. The molecule has 0 bridgehead atoms. The lowest BCUT2D eigenvalue weighted by Crippen LogP contribution is -2.40. The molecular formula is C23H26N4O2S. The molecular weight excluding hydrogens is 396 g/mol. The van der Waals surface area contributed by atoms with Gasteiger partial charge in [-0.1, -0.05) is 18.2 Å². The van der Waals surface area contributed by atoms with Gasteiger partial charge in [-0.15, -0.1) is 11.3 Å². The molecule has 4 heterocycles. The maximum Gasteiger partial charge on any atom is 0.254 e. The standard InChI is InChI=1S/C23H26N4O2S/c1-16-24-13-18(30-16)15-26-7-6-17(14-26)22-12-20(19-4-2-3-5-21(19)25-22)23(28)27-8-10-29-11-9-27/h2-5,12-13,17H,6-11,14-15H2,1H3/t17-/m1/s1. The van der Waals surface area contributed by atoms with E-state index < -0.39 is 0 Å². The summed E-state index contributed by atoms with van der Waals surface area (Å²) < 4.78 is 5.42. The van der Waals surface area contributed by atoms with Crippen molar-refractivity contribution in [3.63, 3.8) is 0 Å². The van der Waals surface area contributed by atoms with Gasteiger partial charge in [0.25, 0.3) is 5.91 Å². The average Bonchev–Trinajstić information content (AvgIpc) is 3.42. The Labute approximate surface area is 180 Å². The summed E-state index contributed by atoms with van der Waals surface area (Å²) in [6, 6.07) is 10.0. The van der Waals surface area contributed by atoms with Gasteiger partial charge in [0.05, 0.1) is 29.3 Å². The van der Waals surface area contributed by atoms with Gasteiger partial charge in [-0.25, -0.2) is 4.98 Å². The summed E-state index contributed by atoms with van der Waals surface area (Å²) >= 11 is 1.77. The minimum absolute atomic E-state index is 0.0909. The van der Waals surface area contributed by atoms with E-state index in [1.165, 1.54) is 4.88 Å². The van der Waals surface area contributed by atoms with E-state index in [2.05, 4.69) is 9.88 Å². The van der Waals surface area contributed by atoms with E-state index in [-0.39, 0.29) is 5.91 Å². The zero-order valence-electron chi connectivity index (χ0n) is 17.2. The number of aryl methyl sites for hydroxylation is 1. The Morgan fingerprint density at radius 3 is 2.87 bits per heavy atom. The number of hydrogen-bond acceptors (Lipinski definition) is 6. The van der Waals surface area contributed by atoms with Crippen LogP contribution in [0.15, 0.2) is 36.5 Å².